The highest BCUT2D eigenvalue weighted by Gasteiger charge is 2.70. The van der Waals surface area contributed by atoms with Crippen LogP contribution in [0.4, 0.5) is 0 Å². The Morgan fingerprint density at radius 1 is 0.738 bits per heavy atom. The van der Waals surface area contributed by atoms with E-state index in [-0.39, 0.29) is 42.3 Å². The zero-order valence-corrected chi connectivity index (χ0v) is 35.8. The Morgan fingerprint density at radius 2 is 1.46 bits per heavy atom. The molecule has 4 aliphatic carbocycles. The molecule has 4 saturated carbocycles. The largest absolute Gasteiger partial charge is 0.394 e. The van der Waals surface area contributed by atoms with Gasteiger partial charge in [-0.15, -0.1) is 0 Å². The number of fused-ring (bicyclic) bond motifs is 7. The molecule has 17 heteroatoms. The first-order valence-corrected chi connectivity index (χ1v) is 22.8. The highest BCUT2D eigenvalue weighted by atomic mass is 16.8. The molecule has 5 saturated heterocycles. The second kappa shape index (κ2) is 16.7. The predicted molar refractivity (Wildman–Crippen MR) is 210 cm³/mol. The summed E-state index contributed by atoms with van der Waals surface area (Å²) in [5.41, 5.74) is 0.674. The Kier molecular flexibility index (Phi) is 12.4. The summed E-state index contributed by atoms with van der Waals surface area (Å²) in [6.45, 7) is 12.4. The van der Waals surface area contributed by atoms with Gasteiger partial charge in [0.1, 0.15) is 61.0 Å². The average molecular weight is 871 g/mol. The summed E-state index contributed by atoms with van der Waals surface area (Å²) >= 11 is 0. The van der Waals surface area contributed by atoms with Crippen molar-refractivity contribution in [2.45, 2.75) is 196 Å². The lowest BCUT2D eigenvalue weighted by Gasteiger charge is -2.63. The molecule has 9 fully saturated rings. The fourth-order valence-electron chi connectivity index (χ4n) is 14.3. The van der Waals surface area contributed by atoms with Gasteiger partial charge in [0.25, 0.3) is 0 Å². The van der Waals surface area contributed by atoms with Crippen LogP contribution in [0.2, 0.25) is 0 Å². The molecule has 9 aliphatic rings. The summed E-state index contributed by atoms with van der Waals surface area (Å²) in [4.78, 5) is 0. The highest BCUT2D eigenvalue weighted by molar-refractivity contribution is 5.17. The fourth-order valence-corrected chi connectivity index (χ4v) is 14.3. The highest BCUT2D eigenvalue weighted by Crippen LogP contribution is 2.71. The third-order valence-electron chi connectivity index (χ3n) is 17.7. The standard InChI is InChI=1S/C44H70O17/c1-18-8-11-44(55-16-18)19(2)30-27(61-44)14-25-23-7-6-21-12-22(57-40-37(53)35(51)33(49)28(15-45)58-40)13-29(43(21,5)24(23)9-10-42(25,30)4)59-41-38(32(48)26(46)17-54-41)60-39-36(52)34(50)31(47)20(3)56-39/h19-41,45-53H,1,6-17H2,2-5H3/t19-,20-,21+,22+,23+,24-,25-,26+,27-,28+,29+,30-,31-,32-,33+,34+,35-,36+,37+,38+,39-,40+,41-,42-,43-,44+/m0/s1. The van der Waals surface area contributed by atoms with Crippen molar-refractivity contribution in [1.29, 1.82) is 0 Å². The zero-order valence-electron chi connectivity index (χ0n) is 35.8. The Labute approximate surface area is 357 Å². The summed E-state index contributed by atoms with van der Waals surface area (Å²) in [7, 11) is 0. The number of hydrogen-bond donors (Lipinski definition) is 9. The summed E-state index contributed by atoms with van der Waals surface area (Å²) in [6, 6.07) is 0. The van der Waals surface area contributed by atoms with Crippen LogP contribution >= 0.6 is 0 Å². The number of aliphatic hydroxyl groups excluding tert-OH is 9. The van der Waals surface area contributed by atoms with Gasteiger partial charge in [-0.2, -0.15) is 0 Å². The van der Waals surface area contributed by atoms with Crippen molar-refractivity contribution in [3.8, 4) is 0 Å². The third-order valence-corrected chi connectivity index (χ3v) is 17.7. The van der Waals surface area contributed by atoms with Gasteiger partial charge >= 0.3 is 0 Å². The molecular formula is C44H70O17. The minimum atomic E-state index is -1.68. The predicted octanol–water partition coefficient (Wildman–Crippen LogP) is -0.176. The van der Waals surface area contributed by atoms with E-state index in [4.69, 9.17) is 37.9 Å². The lowest BCUT2D eigenvalue weighted by atomic mass is 9.43. The van der Waals surface area contributed by atoms with Crippen LogP contribution in [-0.2, 0) is 37.9 Å². The molecule has 0 bridgehead atoms. The fraction of sp³-hybridized carbons (Fsp3) is 0.955. The Bertz CT molecular complexity index is 1580. The molecule has 0 unspecified atom stereocenters. The van der Waals surface area contributed by atoms with Crippen LogP contribution in [-0.4, -0.2) is 176 Å². The summed E-state index contributed by atoms with van der Waals surface area (Å²) in [5.74, 6) is 1.02. The molecule has 17 nitrogen and oxygen atoms in total. The summed E-state index contributed by atoms with van der Waals surface area (Å²) in [6.07, 6.45) is -13.7. The van der Waals surface area contributed by atoms with Crippen molar-refractivity contribution in [1.82, 2.24) is 0 Å². The topological polar surface area (TPSA) is 256 Å². The van der Waals surface area contributed by atoms with Crippen molar-refractivity contribution in [3.63, 3.8) is 0 Å². The average Bonchev–Trinajstić information content (AvgIpc) is 3.68. The van der Waals surface area contributed by atoms with E-state index in [0.29, 0.717) is 30.8 Å². The molecule has 9 rings (SSSR count). The van der Waals surface area contributed by atoms with Crippen molar-refractivity contribution in [3.05, 3.63) is 12.2 Å². The molecule has 348 valence electrons. The summed E-state index contributed by atoms with van der Waals surface area (Å²) in [5, 5.41) is 95.9. The molecule has 0 aromatic heterocycles. The van der Waals surface area contributed by atoms with Gasteiger partial charge in [-0.05, 0) is 92.3 Å². The zero-order chi connectivity index (χ0) is 43.5. The summed E-state index contributed by atoms with van der Waals surface area (Å²) < 4.78 is 50.7. The van der Waals surface area contributed by atoms with E-state index in [1.54, 1.807) is 0 Å². The first-order chi connectivity index (χ1) is 28.9. The number of aliphatic hydroxyl groups is 9. The van der Waals surface area contributed by atoms with Crippen LogP contribution < -0.4 is 0 Å². The van der Waals surface area contributed by atoms with Crippen molar-refractivity contribution >= 4 is 0 Å². The lowest BCUT2D eigenvalue weighted by molar-refractivity contribution is -0.369. The Morgan fingerprint density at radius 3 is 2.16 bits per heavy atom. The van der Waals surface area contributed by atoms with E-state index >= 15 is 0 Å². The van der Waals surface area contributed by atoms with Gasteiger partial charge in [0.15, 0.2) is 24.7 Å². The molecular weight excluding hydrogens is 800 g/mol. The van der Waals surface area contributed by atoms with E-state index in [2.05, 4.69) is 27.4 Å². The molecule has 0 aromatic rings. The lowest BCUT2D eigenvalue weighted by Crippen LogP contribution is -2.65. The normalized spacial score (nSPS) is 58.5. The van der Waals surface area contributed by atoms with Crippen LogP contribution in [0.25, 0.3) is 0 Å². The maximum Gasteiger partial charge on any atom is 0.187 e. The molecule has 0 aromatic carbocycles. The number of hydrogen-bond acceptors (Lipinski definition) is 17. The van der Waals surface area contributed by atoms with E-state index in [1.165, 1.54) is 6.92 Å². The number of rotatable bonds is 7. The maximum absolute atomic E-state index is 11.4. The van der Waals surface area contributed by atoms with Crippen molar-refractivity contribution < 1.29 is 83.9 Å². The van der Waals surface area contributed by atoms with Crippen LogP contribution in [0.1, 0.15) is 85.5 Å². The van der Waals surface area contributed by atoms with Gasteiger partial charge in [-0.25, -0.2) is 0 Å². The van der Waals surface area contributed by atoms with Gasteiger partial charge < -0.3 is 83.9 Å². The Hall–Kier alpha value is -0.940. The second-order valence-electron chi connectivity index (χ2n) is 20.7. The maximum atomic E-state index is 11.4. The second-order valence-corrected chi connectivity index (χ2v) is 20.7. The van der Waals surface area contributed by atoms with E-state index in [1.807, 2.05) is 0 Å². The van der Waals surface area contributed by atoms with Crippen LogP contribution in [0.5, 0.6) is 0 Å². The first kappa shape index (κ1) is 45.2. The smallest absolute Gasteiger partial charge is 0.187 e. The quantitative estimate of drug-likeness (QED) is 0.119. The van der Waals surface area contributed by atoms with Crippen molar-refractivity contribution in [2.75, 3.05) is 19.8 Å². The van der Waals surface area contributed by atoms with Gasteiger partial charge in [0.2, 0.25) is 0 Å². The van der Waals surface area contributed by atoms with Crippen LogP contribution in [0.15, 0.2) is 12.2 Å². The van der Waals surface area contributed by atoms with Gasteiger partial charge in [-0.1, -0.05) is 32.9 Å². The molecule has 1 spiro atoms. The molecule has 61 heavy (non-hydrogen) atoms. The van der Waals surface area contributed by atoms with Crippen LogP contribution in [0, 0.1) is 46.3 Å². The van der Waals surface area contributed by atoms with E-state index in [9.17, 15) is 46.0 Å². The minimum Gasteiger partial charge on any atom is -0.394 e. The molecule has 9 N–H and O–H groups in total. The monoisotopic (exact) mass is 870 g/mol. The van der Waals surface area contributed by atoms with Gasteiger partial charge in [0, 0.05) is 18.8 Å². The first-order valence-electron chi connectivity index (χ1n) is 22.8. The molecule has 5 heterocycles. The van der Waals surface area contributed by atoms with Gasteiger partial charge in [0.05, 0.1) is 44.2 Å². The van der Waals surface area contributed by atoms with E-state index in [0.717, 1.165) is 50.5 Å². The minimum absolute atomic E-state index is 0.0390. The molecule has 26 atom stereocenters. The SMILES string of the molecule is C=C1CC[C@@]2(OC1)O[C@H]1C[C@H]3[C@@H]4CC[C@@H]5C[C@@H](O[C@@H]6O[C@H](CO)[C@@H](O)[C@H](O)[C@H]6O)C[C@@H](O[C@@H]6OC[C@@H](O)[C@H](O)[C@H]6O[C@@H]6O[C@@H](C)[C@H](O)[C@@H](O)[C@H]6O)[C@]5(C)[C@H]4CC[C@]3(C)[C@H]1[C@@H]2C. The van der Waals surface area contributed by atoms with Crippen LogP contribution in [0.3, 0.4) is 0 Å². The van der Waals surface area contributed by atoms with Gasteiger partial charge in [-0.3, -0.25) is 0 Å². The molecule has 0 radical (unpaired) electrons. The van der Waals surface area contributed by atoms with E-state index < -0.39 is 116 Å². The Balaban J connectivity index is 1.00. The number of ether oxygens (including phenoxy) is 8. The van der Waals surface area contributed by atoms with Crippen molar-refractivity contribution in [2.24, 2.45) is 46.3 Å². The molecule has 5 aliphatic heterocycles. The molecule has 0 amide bonds. The third kappa shape index (κ3) is 7.32.